The molecule has 26 heavy (non-hydrogen) atoms. The fourth-order valence-electron chi connectivity index (χ4n) is 3.14. The Kier molecular flexibility index (Phi) is 4.52. The quantitative estimate of drug-likeness (QED) is 0.545. The maximum Gasteiger partial charge on any atom is 0.256 e. The minimum Gasteiger partial charge on any atom is -0.385 e. The first-order chi connectivity index (χ1) is 12.8. The Bertz CT molecular complexity index is 1070. The van der Waals surface area contributed by atoms with Crippen LogP contribution in [0.25, 0.3) is 22.0 Å². The van der Waals surface area contributed by atoms with Crippen LogP contribution in [0.4, 0.5) is 5.69 Å². The van der Waals surface area contributed by atoms with Gasteiger partial charge in [-0.15, -0.1) is 0 Å². The van der Waals surface area contributed by atoms with Gasteiger partial charge in [-0.05, 0) is 41.1 Å². The molecule has 1 heterocycles. The van der Waals surface area contributed by atoms with Crippen LogP contribution in [0.3, 0.4) is 0 Å². The van der Waals surface area contributed by atoms with Crippen LogP contribution in [-0.4, -0.2) is 11.5 Å². The monoisotopic (exact) mass is 340 g/mol. The topological polar surface area (TPSA) is 44.9 Å². The fraction of sp³-hybridized carbons (Fsp3) is 0.0870. The number of H-pyrrole nitrogens is 1. The molecule has 128 valence electrons. The third kappa shape index (κ3) is 3.52. The summed E-state index contributed by atoms with van der Waals surface area (Å²) in [5, 5.41) is 5.05. The predicted octanol–water partition coefficient (Wildman–Crippen LogP) is 4.85. The number of nitrogens with one attached hydrogen (secondary N) is 2. The number of rotatable bonds is 5. The second kappa shape index (κ2) is 7.28. The Morgan fingerprint density at radius 1 is 0.808 bits per heavy atom. The van der Waals surface area contributed by atoms with Crippen molar-refractivity contribution in [1.29, 1.82) is 0 Å². The lowest BCUT2D eigenvalue weighted by molar-refractivity contribution is 1.02. The van der Waals surface area contributed by atoms with Gasteiger partial charge in [-0.25, -0.2) is 0 Å². The summed E-state index contributed by atoms with van der Waals surface area (Å²) in [6.07, 6.45) is 0.947. The lowest BCUT2D eigenvalue weighted by Crippen LogP contribution is -2.09. The summed E-state index contributed by atoms with van der Waals surface area (Å²) in [5.41, 5.74) is 4.05. The van der Waals surface area contributed by atoms with E-state index in [0.717, 1.165) is 35.3 Å². The highest BCUT2D eigenvalue weighted by Crippen LogP contribution is 2.22. The van der Waals surface area contributed by atoms with Crippen LogP contribution in [0.1, 0.15) is 5.56 Å². The summed E-state index contributed by atoms with van der Waals surface area (Å²) in [6.45, 7) is 0.829. The molecule has 0 aliphatic rings. The molecule has 3 nitrogen and oxygen atoms in total. The molecule has 0 atom stereocenters. The molecule has 0 spiro atoms. The SMILES string of the molecule is O=c1[nH]c(-c2ccccc2)cc2ccc(NCCc3ccccc3)cc12. The van der Waals surface area contributed by atoms with Crippen LogP contribution in [0, 0.1) is 0 Å². The third-order valence-corrected chi connectivity index (χ3v) is 4.52. The number of anilines is 1. The van der Waals surface area contributed by atoms with E-state index in [1.165, 1.54) is 5.56 Å². The van der Waals surface area contributed by atoms with Crippen LogP contribution in [0.2, 0.25) is 0 Å². The molecule has 0 bridgehead atoms. The molecular formula is C23H20N2O. The smallest absolute Gasteiger partial charge is 0.256 e. The van der Waals surface area contributed by atoms with E-state index in [4.69, 9.17) is 0 Å². The van der Waals surface area contributed by atoms with E-state index in [2.05, 4.69) is 34.6 Å². The van der Waals surface area contributed by atoms with Gasteiger partial charge in [0.15, 0.2) is 0 Å². The Morgan fingerprint density at radius 2 is 1.54 bits per heavy atom. The average molecular weight is 340 g/mol. The summed E-state index contributed by atoms with van der Waals surface area (Å²) >= 11 is 0. The number of pyridine rings is 1. The molecule has 3 aromatic carbocycles. The normalized spacial score (nSPS) is 10.8. The van der Waals surface area contributed by atoms with Crippen molar-refractivity contribution in [2.45, 2.75) is 6.42 Å². The van der Waals surface area contributed by atoms with Gasteiger partial charge in [-0.1, -0.05) is 66.7 Å². The second-order valence-corrected chi connectivity index (χ2v) is 6.34. The van der Waals surface area contributed by atoms with E-state index in [1.807, 2.05) is 60.7 Å². The highest BCUT2D eigenvalue weighted by atomic mass is 16.1. The van der Waals surface area contributed by atoms with Crippen molar-refractivity contribution < 1.29 is 0 Å². The zero-order valence-electron chi connectivity index (χ0n) is 14.4. The summed E-state index contributed by atoms with van der Waals surface area (Å²) in [7, 11) is 0. The minimum atomic E-state index is -0.0620. The van der Waals surface area contributed by atoms with Crippen LogP contribution >= 0.6 is 0 Å². The molecule has 2 N–H and O–H groups in total. The number of hydrogen-bond donors (Lipinski definition) is 2. The number of benzene rings is 3. The lowest BCUT2D eigenvalue weighted by atomic mass is 10.1. The van der Waals surface area contributed by atoms with Crippen molar-refractivity contribution >= 4 is 16.5 Å². The van der Waals surface area contributed by atoms with Gasteiger partial charge >= 0.3 is 0 Å². The van der Waals surface area contributed by atoms with E-state index in [9.17, 15) is 4.79 Å². The Hall–Kier alpha value is -3.33. The number of hydrogen-bond acceptors (Lipinski definition) is 2. The van der Waals surface area contributed by atoms with Crippen molar-refractivity contribution in [2.75, 3.05) is 11.9 Å². The second-order valence-electron chi connectivity index (χ2n) is 6.34. The van der Waals surface area contributed by atoms with Crippen LogP contribution < -0.4 is 10.9 Å². The number of aromatic nitrogens is 1. The van der Waals surface area contributed by atoms with E-state index in [0.29, 0.717) is 5.39 Å². The predicted molar refractivity (Wildman–Crippen MR) is 109 cm³/mol. The number of fused-ring (bicyclic) bond motifs is 1. The largest absolute Gasteiger partial charge is 0.385 e. The number of aromatic amines is 1. The van der Waals surface area contributed by atoms with Gasteiger partial charge in [-0.2, -0.15) is 0 Å². The van der Waals surface area contributed by atoms with Crippen molar-refractivity contribution in [2.24, 2.45) is 0 Å². The minimum absolute atomic E-state index is 0.0620. The zero-order valence-corrected chi connectivity index (χ0v) is 14.4. The van der Waals surface area contributed by atoms with Gasteiger partial charge < -0.3 is 10.3 Å². The van der Waals surface area contributed by atoms with Gasteiger partial charge in [0.25, 0.3) is 5.56 Å². The molecule has 0 aliphatic carbocycles. The zero-order chi connectivity index (χ0) is 17.8. The molecule has 4 rings (SSSR count). The van der Waals surface area contributed by atoms with Gasteiger partial charge in [0.05, 0.1) is 0 Å². The Morgan fingerprint density at radius 3 is 2.31 bits per heavy atom. The molecular weight excluding hydrogens is 320 g/mol. The van der Waals surface area contributed by atoms with E-state index < -0.39 is 0 Å². The van der Waals surface area contributed by atoms with Gasteiger partial charge in [-0.3, -0.25) is 4.79 Å². The molecule has 0 fully saturated rings. The Labute approximate surface area is 152 Å². The Balaban J connectivity index is 1.56. The highest BCUT2D eigenvalue weighted by Gasteiger charge is 2.05. The molecule has 0 amide bonds. The maximum absolute atomic E-state index is 12.5. The summed E-state index contributed by atoms with van der Waals surface area (Å²) < 4.78 is 0. The standard InChI is InChI=1S/C23H20N2O/c26-23-21-16-20(24-14-13-17-7-3-1-4-8-17)12-11-19(21)15-22(25-23)18-9-5-2-6-10-18/h1-12,15-16,24H,13-14H2,(H,25,26). The first kappa shape index (κ1) is 16.2. The lowest BCUT2D eigenvalue weighted by Gasteiger charge is -2.09. The van der Waals surface area contributed by atoms with Gasteiger partial charge in [0, 0.05) is 23.3 Å². The van der Waals surface area contributed by atoms with Crippen molar-refractivity contribution in [3.8, 4) is 11.3 Å². The molecule has 4 aromatic rings. The van der Waals surface area contributed by atoms with E-state index in [1.54, 1.807) is 0 Å². The van der Waals surface area contributed by atoms with Crippen molar-refractivity contribution in [3.63, 3.8) is 0 Å². The first-order valence-electron chi connectivity index (χ1n) is 8.80. The van der Waals surface area contributed by atoms with Gasteiger partial charge in [0.2, 0.25) is 0 Å². The maximum atomic E-state index is 12.5. The van der Waals surface area contributed by atoms with Gasteiger partial charge in [0.1, 0.15) is 0 Å². The molecule has 0 unspecified atom stereocenters. The molecule has 0 aliphatic heterocycles. The molecule has 0 saturated heterocycles. The van der Waals surface area contributed by atoms with E-state index in [-0.39, 0.29) is 5.56 Å². The van der Waals surface area contributed by atoms with Crippen molar-refractivity contribution in [1.82, 2.24) is 4.98 Å². The summed E-state index contributed by atoms with van der Waals surface area (Å²) in [5.74, 6) is 0. The average Bonchev–Trinajstić information content (AvgIpc) is 2.70. The molecule has 3 heteroatoms. The summed E-state index contributed by atoms with van der Waals surface area (Å²) in [4.78, 5) is 15.5. The molecule has 0 radical (unpaired) electrons. The summed E-state index contributed by atoms with van der Waals surface area (Å²) in [6, 6.07) is 28.3. The fourth-order valence-corrected chi connectivity index (χ4v) is 3.14. The molecule has 1 aromatic heterocycles. The molecule has 0 saturated carbocycles. The van der Waals surface area contributed by atoms with Crippen LogP contribution in [0.5, 0.6) is 0 Å². The highest BCUT2D eigenvalue weighted by molar-refractivity contribution is 5.87. The van der Waals surface area contributed by atoms with Crippen molar-refractivity contribution in [3.05, 3.63) is 101 Å². The first-order valence-corrected chi connectivity index (χ1v) is 8.80. The van der Waals surface area contributed by atoms with Crippen LogP contribution in [-0.2, 0) is 6.42 Å². The van der Waals surface area contributed by atoms with E-state index >= 15 is 0 Å². The van der Waals surface area contributed by atoms with Crippen LogP contribution in [0.15, 0.2) is 89.7 Å². The third-order valence-electron chi connectivity index (χ3n) is 4.52.